The topological polar surface area (TPSA) is 105 Å². The number of nitrogens with two attached hydrogens (primary N) is 1. The lowest BCUT2D eigenvalue weighted by atomic mass is 10.2. The highest BCUT2D eigenvalue weighted by Crippen LogP contribution is 2.33. The van der Waals surface area contributed by atoms with Crippen LogP contribution in [0.1, 0.15) is 5.56 Å². The van der Waals surface area contributed by atoms with E-state index in [1.165, 1.54) is 11.3 Å². The molecule has 3 aromatic heterocycles. The van der Waals surface area contributed by atoms with E-state index in [9.17, 15) is 5.26 Å². The Morgan fingerprint density at radius 1 is 1.04 bits per heavy atom. The third kappa shape index (κ3) is 2.62. The molecule has 0 aliphatic heterocycles. The van der Waals surface area contributed by atoms with Crippen molar-refractivity contribution < 1.29 is 0 Å². The Bertz CT molecular complexity index is 1330. The highest BCUT2D eigenvalue weighted by molar-refractivity contribution is 7.21. The van der Waals surface area contributed by atoms with E-state index in [2.05, 4.69) is 26.5 Å². The minimum atomic E-state index is 0.314. The van der Waals surface area contributed by atoms with Gasteiger partial charge in [-0.25, -0.2) is 14.5 Å². The third-order valence-electron chi connectivity index (χ3n) is 4.31. The summed E-state index contributed by atoms with van der Waals surface area (Å²) in [4.78, 5) is 9.08. The molecule has 5 rings (SSSR count). The molecule has 28 heavy (non-hydrogen) atoms. The van der Waals surface area contributed by atoms with Crippen molar-refractivity contribution in [2.45, 2.75) is 0 Å². The number of aromatic nitrogens is 4. The minimum Gasteiger partial charge on any atom is -0.383 e. The summed E-state index contributed by atoms with van der Waals surface area (Å²) in [5.74, 6) is 0.747. The van der Waals surface area contributed by atoms with Crippen molar-refractivity contribution in [1.29, 1.82) is 5.26 Å². The average molecular weight is 383 g/mol. The van der Waals surface area contributed by atoms with Crippen molar-refractivity contribution in [3.8, 4) is 16.6 Å². The van der Waals surface area contributed by atoms with Gasteiger partial charge in [0, 0.05) is 11.9 Å². The number of rotatable bonds is 3. The van der Waals surface area contributed by atoms with Crippen molar-refractivity contribution in [3.63, 3.8) is 0 Å². The number of fused-ring (bicyclic) bond motifs is 2. The second-order valence-electron chi connectivity index (χ2n) is 6.12. The van der Waals surface area contributed by atoms with Gasteiger partial charge in [0.15, 0.2) is 11.5 Å². The van der Waals surface area contributed by atoms with Crippen LogP contribution in [0.25, 0.3) is 26.4 Å². The molecule has 3 N–H and O–H groups in total. The molecule has 134 valence electrons. The fraction of sp³-hybridized carbons (Fsp3) is 0. The standard InChI is InChI=1S/C20H13N7S/c21-10-13-18(23-12-6-2-1-3-7-12)26-27-11-14(17(22)25-19(13)27)20-24-15-8-4-5-9-16(15)28-20/h1-9,11H,(H2,22,25)(H,23,26). The minimum absolute atomic E-state index is 0.314. The third-order valence-corrected chi connectivity index (χ3v) is 5.38. The molecule has 0 atom stereocenters. The lowest BCUT2D eigenvalue weighted by molar-refractivity contribution is 0.947. The van der Waals surface area contributed by atoms with Gasteiger partial charge in [-0.1, -0.05) is 30.3 Å². The van der Waals surface area contributed by atoms with Crippen molar-refractivity contribution in [1.82, 2.24) is 19.6 Å². The van der Waals surface area contributed by atoms with Crippen molar-refractivity contribution in [2.75, 3.05) is 11.1 Å². The first-order valence-corrected chi connectivity index (χ1v) is 9.31. The fourth-order valence-corrected chi connectivity index (χ4v) is 3.97. The van der Waals surface area contributed by atoms with E-state index in [1.54, 1.807) is 10.7 Å². The summed E-state index contributed by atoms with van der Waals surface area (Å²) in [7, 11) is 0. The Balaban J connectivity index is 1.65. The number of nitrogens with one attached hydrogen (secondary N) is 1. The van der Waals surface area contributed by atoms with Gasteiger partial charge in [0.25, 0.3) is 0 Å². The van der Waals surface area contributed by atoms with E-state index < -0.39 is 0 Å². The summed E-state index contributed by atoms with van der Waals surface area (Å²) in [5.41, 5.74) is 9.39. The van der Waals surface area contributed by atoms with E-state index in [1.807, 2.05) is 54.6 Å². The summed E-state index contributed by atoms with van der Waals surface area (Å²) >= 11 is 1.54. The van der Waals surface area contributed by atoms with Crippen LogP contribution in [0.4, 0.5) is 17.3 Å². The largest absolute Gasteiger partial charge is 0.383 e. The van der Waals surface area contributed by atoms with Crippen molar-refractivity contribution >= 4 is 44.5 Å². The highest BCUT2D eigenvalue weighted by Gasteiger charge is 2.18. The van der Waals surface area contributed by atoms with Crippen LogP contribution in [0.5, 0.6) is 0 Å². The van der Waals surface area contributed by atoms with E-state index >= 15 is 0 Å². The molecule has 5 aromatic rings. The first-order chi connectivity index (χ1) is 13.7. The molecule has 3 heterocycles. The van der Waals surface area contributed by atoms with Crippen LogP contribution in [0.15, 0.2) is 60.8 Å². The van der Waals surface area contributed by atoms with E-state index in [0.717, 1.165) is 20.9 Å². The van der Waals surface area contributed by atoms with E-state index in [-0.39, 0.29) is 0 Å². The first-order valence-electron chi connectivity index (χ1n) is 8.50. The Morgan fingerprint density at radius 2 is 1.82 bits per heavy atom. The number of nitriles is 1. The highest BCUT2D eigenvalue weighted by atomic mass is 32.1. The molecule has 0 aliphatic rings. The van der Waals surface area contributed by atoms with Gasteiger partial charge in [-0.3, -0.25) is 0 Å². The number of para-hydroxylation sites is 2. The zero-order valence-corrected chi connectivity index (χ0v) is 15.3. The number of nitrogen functional groups attached to an aromatic ring is 1. The SMILES string of the molecule is N#Cc1c(Nc2ccccc2)nn2cc(-c3nc4ccccc4s3)c(N)nc12. The number of hydrogen-bond donors (Lipinski definition) is 2. The van der Waals surface area contributed by atoms with Crippen LogP contribution in [-0.4, -0.2) is 19.6 Å². The predicted octanol–water partition coefficient (Wildman–Crippen LogP) is 4.20. The number of benzene rings is 2. The maximum atomic E-state index is 9.62. The van der Waals surface area contributed by atoms with Gasteiger partial charge in [0.05, 0.1) is 15.8 Å². The van der Waals surface area contributed by atoms with Gasteiger partial charge >= 0.3 is 0 Å². The smallest absolute Gasteiger partial charge is 0.177 e. The molecule has 0 fully saturated rings. The quantitative estimate of drug-likeness (QED) is 0.484. The molecule has 8 heteroatoms. The molecule has 0 saturated carbocycles. The summed E-state index contributed by atoms with van der Waals surface area (Å²) in [6, 6.07) is 19.6. The average Bonchev–Trinajstić information content (AvgIpc) is 3.28. The van der Waals surface area contributed by atoms with E-state index in [0.29, 0.717) is 28.4 Å². The second kappa shape index (κ2) is 6.33. The molecule has 7 nitrogen and oxygen atoms in total. The molecule has 0 radical (unpaired) electrons. The molecule has 0 saturated heterocycles. The van der Waals surface area contributed by atoms with Crippen LogP contribution in [0.2, 0.25) is 0 Å². The van der Waals surface area contributed by atoms with Gasteiger partial charge in [0.1, 0.15) is 22.5 Å². The summed E-state index contributed by atoms with van der Waals surface area (Å²) in [6.07, 6.45) is 1.77. The zero-order valence-electron chi connectivity index (χ0n) is 14.5. The number of thiazole rings is 1. The van der Waals surface area contributed by atoms with Crippen molar-refractivity contribution in [3.05, 3.63) is 66.4 Å². The van der Waals surface area contributed by atoms with Gasteiger partial charge in [-0.2, -0.15) is 5.26 Å². The Kier molecular flexibility index (Phi) is 3.67. The Hall–Kier alpha value is -3.96. The summed E-state index contributed by atoms with van der Waals surface area (Å²) in [5, 5.41) is 18.1. The lowest BCUT2D eigenvalue weighted by Gasteiger charge is -2.02. The van der Waals surface area contributed by atoms with Gasteiger partial charge in [0.2, 0.25) is 0 Å². The molecule has 0 bridgehead atoms. The molecule has 0 unspecified atom stereocenters. The fourth-order valence-electron chi connectivity index (χ4n) is 2.99. The van der Waals surface area contributed by atoms with Crippen molar-refractivity contribution in [2.24, 2.45) is 0 Å². The summed E-state index contributed by atoms with van der Waals surface area (Å²) in [6.45, 7) is 0. The Labute approximate surface area is 163 Å². The zero-order chi connectivity index (χ0) is 19.1. The maximum Gasteiger partial charge on any atom is 0.177 e. The van der Waals surface area contributed by atoms with Gasteiger partial charge < -0.3 is 11.1 Å². The molecule has 2 aromatic carbocycles. The van der Waals surface area contributed by atoms with Crippen LogP contribution in [-0.2, 0) is 0 Å². The molecular weight excluding hydrogens is 370 g/mol. The van der Waals surface area contributed by atoms with Crippen LogP contribution < -0.4 is 11.1 Å². The normalized spacial score (nSPS) is 11.0. The van der Waals surface area contributed by atoms with Crippen LogP contribution >= 0.6 is 11.3 Å². The maximum absolute atomic E-state index is 9.62. The predicted molar refractivity (Wildman–Crippen MR) is 110 cm³/mol. The molecular formula is C20H13N7S. The second-order valence-corrected chi connectivity index (χ2v) is 7.15. The summed E-state index contributed by atoms with van der Waals surface area (Å²) < 4.78 is 2.64. The number of hydrogen-bond acceptors (Lipinski definition) is 7. The van der Waals surface area contributed by atoms with Crippen LogP contribution in [0.3, 0.4) is 0 Å². The Morgan fingerprint density at radius 3 is 2.61 bits per heavy atom. The van der Waals surface area contributed by atoms with Crippen LogP contribution in [0, 0.1) is 11.3 Å². The van der Waals surface area contributed by atoms with Gasteiger partial charge in [-0.15, -0.1) is 16.4 Å². The molecule has 0 amide bonds. The number of nitrogens with zero attached hydrogens (tertiary/aromatic N) is 5. The molecule has 0 spiro atoms. The van der Waals surface area contributed by atoms with Gasteiger partial charge in [-0.05, 0) is 24.3 Å². The molecule has 0 aliphatic carbocycles. The first kappa shape index (κ1) is 16.2. The lowest BCUT2D eigenvalue weighted by Crippen LogP contribution is -1.99. The number of anilines is 3. The monoisotopic (exact) mass is 383 g/mol. The van der Waals surface area contributed by atoms with E-state index in [4.69, 9.17) is 5.73 Å².